The van der Waals surface area contributed by atoms with Gasteiger partial charge in [-0.15, -0.1) is 0 Å². The van der Waals surface area contributed by atoms with Crippen molar-refractivity contribution < 1.29 is 14.6 Å². The standard InChI is InChI=1S/C15H23NO3/c1-11-5-7-12(8-6-11)9-16-13(10-17)14(18)19-15(2,3)4/h5-8,13,16-17H,9-10H2,1-4H3. The number of carbonyl (C=O) groups excluding carboxylic acids is 1. The molecule has 0 spiro atoms. The summed E-state index contributed by atoms with van der Waals surface area (Å²) in [6.45, 7) is 7.68. The first kappa shape index (κ1) is 15.7. The number of ether oxygens (including phenoxy) is 1. The van der Waals surface area contributed by atoms with E-state index in [2.05, 4.69) is 5.32 Å². The van der Waals surface area contributed by atoms with E-state index in [9.17, 15) is 9.90 Å². The third kappa shape index (κ3) is 5.85. The number of hydrogen-bond acceptors (Lipinski definition) is 4. The summed E-state index contributed by atoms with van der Waals surface area (Å²) in [7, 11) is 0. The van der Waals surface area contributed by atoms with Crippen molar-refractivity contribution in [3.8, 4) is 0 Å². The van der Waals surface area contributed by atoms with E-state index in [-0.39, 0.29) is 6.61 Å². The van der Waals surface area contributed by atoms with Crippen LogP contribution < -0.4 is 5.32 Å². The van der Waals surface area contributed by atoms with Gasteiger partial charge in [0, 0.05) is 6.54 Å². The second-order valence-corrected chi connectivity index (χ2v) is 5.64. The predicted octanol–water partition coefficient (Wildman–Crippen LogP) is 1.79. The first-order valence-electron chi connectivity index (χ1n) is 6.44. The second-order valence-electron chi connectivity index (χ2n) is 5.64. The summed E-state index contributed by atoms with van der Waals surface area (Å²) in [6, 6.07) is 7.31. The average molecular weight is 265 g/mol. The maximum atomic E-state index is 11.8. The van der Waals surface area contributed by atoms with Crippen molar-refractivity contribution in [2.24, 2.45) is 0 Å². The Morgan fingerprint density at radius 3 is 2.37 bits per heavy atom. The number of esters is 1. The highest BCUT2D eigenvalue weighted by atomic mass is 16.6. The summed E-state index contributed by atoms with van der Waals surface area (Å²) in [5.74, 6) is -0.429. The molecular weight excluding hydrogens is 242 g/mol. The van der Waals surface area contributed by atoms with Crippen molar-refractivity contribution in [2.45, 2.75) is 45.9 Å². The zero-order valence-electron chi connectivity index (χ0n) is 12.1. The molecular formula is C15H23NO3. The number of carbonyl (C=O) groups is 1. The van der Waals surface area contributed by atoms with Crippen LogP contribution in [0.5, 0.6) is 0 Å². The zero-order valence-corrected chi connectivity index (χ0v) is 12.1. The highest BCUT2D eigenvalue weighted by molar-refractivity contribution is 5.76. The average Bonchev–Trinajstić information content (AvgIpc) is 2.30. The van der Waals surface area contributed by atoms with Gasteiger partial charge in [-0.1, -0.05) is 29.8 Å². The molecule has 1 atom stereocenters. The largest absolute Gasteiger partial charge is 0.459 e. The Morgan fingerprint density at radius 2 is 1.89 bits per heavy atom. The topological polar surface area (TPSA) is 58.6 Å². The first-order valence-corrected chi connectivity index (χ1v) is 6.44. The number of hydrogen-bond donors (Lipinski definition) is 2. The molecule has 1 rings (SSSR count). The van der Waals surface area contributed by atoms with Gasteiger partial charge < -0.3 is 9.84 Å². The Hall–Kier alpha value is -1.39. The molecule has 0 aromatic heterocycles. The molecule has 106 valence electrons. The Bertz CT molecular complexity index is 406. The smallest absolute Gasteiger partial charge is 0.326 e. The van der Waals surface area contributed by atoms with Crippen molar-refractivity contribution in [1.82, 2.24) is 5.32 Å². The molecule has 0 amide bonds. The first-order chi connectivity index (χ1) is 8.81. The third-order valence-electron chi connectivity index (χ3n) is 2.55. The highest BCUT2D eigenvalue weighted by Gasteiger charge is 2.24. The molecule has 19 heavy (non-hydrogen) atoms. The van der Waals surface area contributed by atoms with Crippen LogP contribution in [0.4, 0.5) is 0 Å². The summed E-state index contributed by atoms with van der Waals surface area (Å²) in [4.78, 5) is 11.8. The predicted molar refractivity (Wildman–Crippen MR) is 74.7 cm³/mol. The molecule has 0 aliphatic carbocycles. The quantitative estimate of drug-likeness (QED) is 0.797. The van der Waals surface area contributed by atoms with Crippen LogP contribution in [0.1, 0.15) is 31.9 Å². The molecule has 0 radical (unpaired) electrons. The number of nitrogens with one attached hydrogen (secondary N) is 1. The lowest BCUT2D eigenvalue weighted by atomic mass is 10.1. The molecule has 0 bridgehead atoms. The maximum Gasteiger partial charge on any atom is 0.326 e. The van der Waals surface area contributed by atoms with Crippen LogP contribution in [0.2, 0.25) is 0 Å². The molecule has 4 nitrogen and oxygen atoms in total. The lowest BCUT2D eigenvalue weighted by Crippen LogP contribution is -2.43. The molecule has 1 aromatic carbocycles. The van der Waals surface area contributed by atoms with Gasteiger partial charge in [-0.05, 0) is 33.3 Å². The lowest BCUT2D eigenvalue weighted by Gasteiger charge is -2.23. The van der Waals surface area contributed by atoms with Crippen molar-refractivity contribution >= 4 is 5.97 Å². The van der Waals surface area contributed by atoms with Gasteiger partial charge in [0.05, 0.1) is 6.61 Å². The van der Waals surface area contributed by atoms with E-state index in [0.29, 0.717) is 6.54 Å². The van der Waals surface area contributed by atoms with E-state index < -0.39 is 17.6 Å². The van der Waals surface area contributed by atoms with Crippen LogP contribution in [0.15, 0.2) is 24.3 Å². The van der Waals surface area contributed by atoms with Gasteiger partial charge >= 0.3 is 5.97 Å². The summed E-state index contributed by atoms with van der Waals surface area (Å²) >= 11 is 0. The van der Waals surface area contributed by atoms with Gasteiger partial charge in [0.25, 0.3) is 0 Å². The molecule has 0 saturated carbocycles. The molecule has 0 saturated heterocycles. The third-order valence-corrected chi connectivity index (χ3v) is 2.55. The number of aliphatic hydroxyl groups is 1. The van der Waals surface area contributed by atoms with Crippen molar-refractivity contribution in [2.75, 3.05) is 6.61 Å². The van der Waals surface area contributed by atoms with E-state index in [0.717, 1.165) is 5.56 Å². The number of aliphatic hydroxyl groups excluding tert-OH is 1. The van der Waals surface area contributed by atoms with Crippen LogP contribution >= 0.6 is 0 Å². The van der Waals surface area contributed by atoms with Crippen LogP contribution in [0.25, 0.3) is 0 Å². The summed E-state index contributed by atoms with van der Waals surface area (Å²) in [5, 5.41) is 12.3. The minimum Gasteiger partial charge on any atom is -0.459 e. The molecule has 1 unspecified atom stereocenters. The van der Waals surface area contributed by atoms with Crippen LogP contribution in [-0.4, -0.2) is 29.3 Å². The van der Waals surface area contributed by atoms with Gasteiger partial charge in [0.1, 0.15) is 11.6 Å². The Kier molecular flexibility index (Phi) is 5.51. The minimum absolute atomic E-state index is 0.277. The maximum absolute atomic E-state index is 11.8. The number of rotatable bonds is 5. The molecule has 1 aromatic rings. The van der Waals surface area contributed by atoms with Crippen LogP contribution in [0, 0.1) is 6.92 Å². The van der Waals surface area contributed by atoms with Crippen LogP contribution in [-0.2, 0) is 16.1 Å². The minimum atomic E-state index is -0.694. The molecule has 2 N–H and O–H groups in total. The van der Waals surface area contributed by atoms with E-state index >= 15 is 0 Å². The van der Waals surface area contributed by atoms with E-state index in [4.69, 9.17) is 4.74 Å². The van der Waals surface area contributed by atoms with Gasteiger partial charge in [-0.25, -0.2) is 0 Å². The SMILES string of the molecule is Cc1ccc(CNC(CO)C(=O)OC(C)(C)C)cc1. The summed E-state index contributed by atoms with van der Waals surface area (Å²) in [5.41, 5.74) is 1.71. The summed E-state index contributed by atoms with van der Waals surface area (Å²) < 4.78 is 5.24. The Morgan fingerprint density at radius 1 is 1.32 bits per heavy atom. The van der Waals surface area contributed by atoms with Crippen molar-refractivity contribution in [3.05, 3.63) is 35.4 Å². The normalized spacial score (nSPS) is 13.1. The second kappa shape index (κ2) is 6.68. The molecule has 0 aliphatic rings. The number of aryl methyl sites for hydroxylation is 1. The van der Waals surface area contributed by atoms with Crippen LogP contribution in [0.3, 0.4) is 0 Å². The number of benzene rings is 1. The Balaban J connectivity index is 2.53. The zero-order chi connectivity index (χ0) is 14.5. The monoisotopic (exact) mass is 265 g/mol. The van der Waals surface area contributed by atoms with Crippen molar-refractivity contribution in [3.63, 3.8) is 0 Å². The van der Waals surface area contributed by atoms with Gasteiger partial charge in [-0.3, -0.25) is 10.1 Å². The van der Waals surface area contributed by atoms with E-state index in [1.165, 1.54) is 5.56 Å². The van der Waals surface area contributed by atoms with Gasteiger partial charge in [-0.2, -0.15) is 0 Å². The van der Waals surface area contributed by atoms with E-state index in [1.807, 2.05) is 31.2 Å². The molecule has 0 fully saturated rings. The Labute approximate surface area is 114 Å². The summed E-state index contributed by atoms with van der Waals surface area (Å²) in [6.07, 6.45) is 0. The fourth-order valence-corrected chi connectivity index (χ4v) is 1.54. The molecule has 0 aliphatic heterocycles. The van der Waals surface area contributed by atoms with Crippen molar-refractivity contribution in [1.29, 1.82) is 0 Å². The lowest BCUT2D eigenvalue weighted by molar-refractivity contribution is -0.158. The van der Waals surface area contributed by atoms with E-state index in [1.54, 1.807) is 20.8 Å². The fourth-order valence-electron chi connectivity index (χ4n) is 1.54. The highest BCUT2D eigenvalue weighted by Crippen LogP contribution is 2.09. The molecule has 0 heterocycles. The van der Waals surface area contributed by atoms with Gasteiger partial charge in [0.2, 0.25) is 0 Å². The van der Waals surface area contributed by atoms with Gasteiger partial charge in [0.15, 0.2) is 0 Å². The fraction of sp³-hybridized carbons (Fsp3) is 0.533. The molecule has 4 heteroatoms.